The molecule has 2 aromatic heterocycles. The molecule has 0 atom stereocenters. The zero-order valence-corrected chi connectivity index (χ0v) is 11.7. The molecule has 2 rings (SSSR count). The minimum atomic E-state index is 0.355. The summed E-state index contributed by atoms with van der Waals surface area (Å²) in [6.45, 7) is 0. The van der Waals surface area contributed by atoms with Gasteiger partial charge in [-0.3, -0.25) is 10.9 Å². The monoisotopic (exact) mass is 294 g/mol. The fourth-order valence-corrected chi connectivity index (χ4v) is 2.38. The number of thiophene rings is 2. The van der Waals surface area contributed by atoms with Crippen LogP contribution >= 0.6 is 34.9 Å². The summed E-state index contributed by atoms with van der Waals surface area (Å²) in [5.74, 6) is 0. The van der Waals surface area contributed by atoms with Crippen molar-refractivity contribution in [2.24, 2.45) is 10.2 Å². The third kappa shape index (κ3) is 4.36. The van der Waals surface area contributed by atoms with Crippen LogP contribution in [0.15, 0.2) is 43.9 Å². The van der Waals surface area contributed by atoms with E-state index in [-0.39, 0.29) is 0 Å². The topological polar surface area (TPSA) is 48.8 Å². The van der Waals surface area contributed by atoms with Gasteiger partial charge in [-0.25, -0.2) is 0 Å². The zero-order valence-electron chi connectivity index (χ0n) is 9.24. The van der Waals surface area contributed by atoms with Crippen molar-refractivity contribution in [3.63, 3.8) is 0 Å². The highest BCUT2D eigenvalue weighted by molar-refractivity contribution is 7.80. The second-order valence-electron chi connectivity index (χ2n) is 3.18. The van der Waals surface area contributed by atoms with E-state index in [9.17, 15) is 0 Å². The number of nitrogens with zero attached hydrogens (tertiary/aromatic N) is 2. The number of hydrazone groups is 2. The highest BCUT2D eigenvalue weighted by atomic mass is 32.1. The number of hydrogen-bond donors (Lipinski definition) is 2. The molecule has 4 nitrogen and oxygen atoms in total. The average molecular weight is 294 g/mol. The van der Waals surface area contributed by atoms with Crippen LogP contribution < -0.4 is 10.9 Å². The Morgan fingerprint density at radius 2 is 1.50 bits per heavy atom. The van der Waals surface area contributed by atoms with Crippen molar-refractivity contribution in [3.05, 3.63) is 44.8 Å². The first-order valence-electron chi connectivity index (χ1n) is 5.01. The molecule has 0 bridgehead atoms. The lowest BCUT2D eigenvalue weighted by molar-refractivity contribution is 0.935. The molecule has 2 N–H and O–H groups in total. The lowest BCUT2D eigenvalue weighted by atomic mass is 10.4. The molecule has 0 spiro atoms. The highest BCUT2D eigenvalue weighted by Crippen LogP contribution is 2.02. The van der Waals surface area contributed by atoms with E-state index in [0.29, 0.717) is 5.11 Å². The summed E-state index contributed by atoms with van der Waals surface area (Å²) in [5, 5.41) is 16.3. The van der Waals surface area contributed by atoms with Gasteiger partial charge in [0.05, 0.1) is 12.4 Å². The first-order valence-corrected chi connectivity index (χ1v) is 7.30. The van der Waals surface area contributed by atoms with E-state index in [0.717, 1.165) is 11.1 Å². The van der Waals surface area contributed by atoms with Crippen LogP contribution in [0.5, 0.6) is 0 Å². The molecule has 0 unspecified atom stereocenters. The molecule has 0 amide bonds. The lowest BCUT2D eigenvalue weighted by Gasteiger charge is -1.99. The maximum atomic E-state index is 5.00. The SMILES string of the molecule is S=C(N/N=C/c1ccsc1)N/N=C/c1ccsc1. The predicted octanol–water partition coefficient (Wildman–Crippen LogP) is 2.64. The Balaban J connectivity index is 1.72. The van der Waals surface area contributed by atoms with Gasteiger partial charge in [-0.2, -0.15) is 32.9 Å². The molecule has 0 aliphatic heterocycles. The van der Waals surface area contributed by atoms with Crippen LogP contribution in [0.2, 0.25) is 0 Å². The van der Waals surface area contributed by atoms with Gasteiger partial charge in [-0.15, -0.1) is 0 Å². The van der Waals surface area contributed by atoms with Crippen LogP contribution in [0, 0.1) is 0 Å². The Morgan fingerprint density at radius 1 is 1.00 bits per heavy atom. The summed E-state index contributed by atoms with van der Waals surface area (Å²) in [5.41, 5.74) is 7.45. The molecule has 0 fully saturated rings. The number of rotatable bonds is 4. The van der Waals surface area contributed by atoms with E-state index in [4.69, 9.17) is 12.2 Å². The molecule has 0 aliphatic carbocycles. The van der Waals surface area contributed by atoms with Crippen LogP contribution in [0.1, 0.15) is 11.1 Å². The second-order valence-corrected chi connectivity index (χ2v) is 5.15. The van der Waals surface area contributed by atoms with Gasteiger partial charge in [0.2, 0.25) is 5.11 Å². The second kappa shape index (κ2) is 7.00. The average Bonchev–Trinajstić information content (AvgIpc) is 3.01. The molecule has 0 radical (unpaired) electrons. The van der Waals surface area contributed by atoms with Gasteiger partial charge in [-0.1, -0.05) is 0 Å². The lowest BCUT2D eigenvalue weighted by Crippen LogP contribution is -2.28. The Hall–Kier alpha value is -1.57. The van der Waals surface area contributed by atoms with Crippen molar-refractivity contribution in [1.82, 2.24) is 10.9 Å². The summed E-state index contributed by atoms with van der Waals surface area (Å²) in [7, 11) is 0. The summed E-state index contributed by atoms with van der Waals surface area (Å²) >= 11 is 8.24. The fraction of sp³-hybridized carbons (Fsp3) is 0. The third-order valence-electron chi connectivity index (χ3n) is 1.85. The minimum Gasteiger partial charge on any atom is -0.252 e. The maximum Gasteiger partial charge on any atom is 0.207 e. The maximum absolute atomic E-state index is 5.00. The summed E-state index contributed by atoms with van der Waals surface area (Å²) < 4.78 is 0. The molecular formula is C11H10N4S3. The smallest absolute Gasteiger partial charge is 0.207 e. The molecule has 0 saturated heterocycles. The summed E-state index contributed by atoms with van der Waals surface area (Å²) in [6.07, 6.45) is 3.40. The Bertz CT molecular complexity index is 480. The molecular weight excluding hydrogens is 284 g/mol. The van der Waals surface area contributed by atoms with Gasteiger partial charge < -0.3 is 0 Å². The van der Waals surface area contributed by atoms with Crippen LogP contribution in [-0.2, 0) is 0 Å². The van der Waals surface area contributed by atoms with Crippen LogP contribution in [0.3, 0.4) is 0 Å². The largest absolute Gasteiger partial charge is 0.252 e. The fourth-order valence-electron chi connectivity index (χ4n) is 1.05. The van der Waals surface area contributed by atoms with Crippen molar-refractivity contribution in [1.29, 1.82) is 0 Å². The molecule has 0 saturated carbocycles. The molecule has 2 aromatic rings. The van der Waals surface area contributed by atoms with Gasteiger partial charge >= 0.3 is 0 Å². The summed E-state index contributed by atoms with van der Waals surface area (Å²) in [6, 6.07) is 3.95. The van der Waals surface area contributed by atoms with E-state index in [2.05, 4.69) is 21.1 Å². The third-order valence-corrected chi connectivity index (χ3v) is 3.43. The van der Waals surface area contributed by atoms with Gasteiger partial charge in [-0.05, 0) is 45.9 Å². The molecule has 0 aromatic carbocycles. The number of nitrogens with one attached hydrogen (secondary N) is 2. The van der Waals surface area contributed by atoms with Gasteiger partial charge in [0.1, 0.15) is 0 Å². The Kier molecular flexibility index (Phi) is 5.00. The standard InChI is InChI=1S/C11H10N4S3/c16-11(14-12-5-9-1-3-17-7-9)15-13-6-10-2-4-18-8-10/h1-8H,(H2,14,15,16)/b12-5+,13-6+. The normalized spacial score (nSPS) is 11.1. The molecule has 18 heavy (non-hydrogen) atoms. The summed E-state index contributed by atoms with van der Waals surface area (Å²) in [4.78, 5) is 0. The molecule has 0 aliphatic rings. The van der Waals surface area contributed by atoms with E-state index >= 15 is 0 Å². The zero-order chi connectivity index (χ0) is 12.6. The van der Waals surface area contributed by atoms with Crippen molar-refractivity contribution in [2.45, 2.75) is 0 Å². The van der Waals surface area contributed by atoms with E-state index in [1.165, 1.54) is 0 Å². The van der Waals surface area contributed by atoms with Gasteiger partial charge in [0.15, 0.2) is 0 Å². The number of thiocarbonyl (C=S) groups is 1. The van der Waals surface area contributed by atoms with Crippen molar-refractivity contribution in [2.75, 3.05) is 0 Å². The van der Waals surface area contributed by atoms with Crippen LogP contribution in [-0.4, -0.2) is 17.5 Å². The van der Waals surface area contributed by atoms with Crippen molar-refractivity contribution >= 4 is 52.4 Å². The first kappa shape index (κ1) is 12.9. The van der Waals surface area contributed by atoms with Gasteiger partial charge in [0, 0.05) is 11.1 Å². The number of hydrogen-bond acceptors (Lipinski definition) is 5. The Labute approximate surface area is 118 Å². The molecule has 92 valence electrons. The van der Waals surface area contributed by atoms with Crippen molar-refractivity contribution in [3.8, 4) is 0 Å². The Morgan fingerprint density at radius 3 is 1.89 bits per heavy atom. The van der Waals surface area contributed by atoms with Crippen molar-refractivity contribution < 1.29 is 0 Å². The van der Waals surface area contributed by atoms with Gasteiger partial charge in [0.25, 0.3) is 0 Å². The minimum absolute atomic E-state index is 0.355. The molecule has 7 heteroatoms. The first-order chi connectivity index (χ1) is 8.84. The van der Waals surface area contributed by atoms with E-state index in [1.807, 2.05) is 33.7 Å². The van der Waals surface area contributed by atoms with Crippen LogP contribution in [0.4, 0.5) is 0 Å². The highest BCUT2D eigenvalue weighted by Gasteiger charge is 1.90. The predicted molar refractivity (Wildman–Crippen MR) is 82.7 cm³/mol. The van der Waals surface area contributed by atoms with Crippen LogP contribution in [0.25, 0.3) is 0 Å². The molecule has 2 heterocycles. The van der Waals surface area contributed by atoms with E-state index < -0.39 is 0 Å². The quantitative estimate of drug-likeness (QED) is 0.518. The van der Waals surface area contributed by atoms with E-state index in [1.54, 1.807) is 35.1 Å².